The molecule has 0 amide bonds. The third-order valence-electron chi connectivity index (χ3n) is 3.31. The fourth-order valence-corrected chi connectivity index (χ4v) is 2.43. The summed E-state index contributed by atoms with van der Waals surface area (Å²) in [5.74, 6) is 0.739. The molecule has 1 saturated heterocycles. The Kier molecular flexibility index (Phi) is 4.59. The Labute approximate surface area is 87.7 Å². The van der Waals surface area contributed by atoms with Crippen LogP contribution in [0.2, 0.25) is 0 Å². The van der Waals surface area contributed by atoms with Gasteiger partial charge in [0.05, 0.1) is 6.04 Å². The van der Waals surface area contributed by atoms with Gasteiger partial charge in [0.2, 0.25) is 0 Å². The molecule has 1 heterocycles. The van der Waals surface area contributed by atoms with Gasteiger partial charge >= 0.3 is 0 Å². The number of ketones is 1. The van der Waals surface area contributed by atoms with Gasteiger partial charge in [-0.05, 0) is 32.4 Å². The lowest BCUT2D eigenvalue weighted by Crippen LogP contribution is -2.38. The molecule has 2 nitrogen and oxygen atoms in total. The van der Waals surface area contributed by atoms with E-state index in [1.807, 2.05) is 0 Å². The van der Waals surface area contributed by atoms with Crippen molar-refractivity contribution in [2.24, 2.45) is 5.92 Å². The minimum atomic E-state index is 0.238. The molecule has 0 saturated carbocycles. The number of carbonyl (C=O) groups is 1. The third-order valence-corrected chi connectivity index (χ3v) is 3.31. The third kappa shape index (κ3) is 2.57. The van der Waals surface area contributed by atoms with Crippen LogP contribution in [0.5, 0.6) is 0 Å². The number of hydrogen-bond donors (Lipinski definition) is 0. The second-order valence-corrected chi connectivity index (χ2v) is 4.38. The summed E-state index contributed by atoms with van der Waals surface area (Å²) in [6.07, 6.45) is 4.45. The highest BCUT2D eigenvalue weighted by Gasteiger charge is 2.31. The summed E-state index contributed by atoms with van der Waals surface area (Å²) in [4.78, 5) is 14.4. The molecule has 82 valence electrons. The largest absolute Gasteiger partial charge is 0.298 e. The van der Waals surface area contributed by atoms with Crippen molar-refractivity contribution in [2.75, 3.05) is 13.1 Å². The van der Waals surface area contributed by atoms with Gasteiger partial charge in [0.25, 0.3) is 0 Å². The Morgan fingerprint density at radius 3 is 2.79 bits per heavy atom. The molecule has 0 aliphatic carbocycles. The van der Waals surface area contributed by atoms with Gasteiger partial charge in [0, 0.05) is 5.92 Å². The summed E-state index contributed by atoms with van der Waals surface area (Å²) in [7, 11) is 0. The minimum absolute atomic E-state index is 0.238. The van der Waals surface area contributed by atoms with Gasteiger partial charge in [-0.3, -0.25) is 9.69 Å². The van der Waals surface area contributed by atoms with Gasteiger partial charge in [0.1, 0.15) is 0 Å². The summed E-state index contributed by atoms with van der Waals surface area (Å²) in [6, 6.07) is 0.238. The van der Waals surface area contributed by atoms with E-state index in [0.29, 0.717) is 5.78 Å². The van der Waals surface area contributed by atoms with Crippen molar-refractivity contribution >= 4 is 5.78 Å². The molecule has 0 N–H and O–H groups in total. The van der Waals surface area contributed by atoms with Crippen LogP contribution in [0, 0.1) is 5.92 Å². The maximum atomic E-state index is 12.1. The van der Waals surface area contributed by atoms with Crippen LogP contribution in [0.15, 0.2) is 0 Å². The zero-order valence-corrected chi connectivity index (χ0v) is 9.75. The van der Waals surface area contributed by atoms with E-state index < -0.39 is 0 Å². The van der Waals surface area contributed by atoms with Gasteiger partial charge < -0.3 is 0 Å². The molecule has 0 aromatic carbocycles. The van der Waals surface area contributed by atoms with Crippen LogP contribution in [0.3, 0.4) is 0 Å². The van der Waals surface area contributed by atoms with Crippen molar-refractivity contribution in [3.8, 4) is 0 Å². The smallest absolute Gasteiger partial charge is 0.152 e. The number of rotatable bonds is 5. The maximum absolute atomic E-state index is 12.1. The Bertz CT molecular complexity index is 191. The zero-order valence-electron chi connectivity index (χ0n) is 9.75. The molecule has 1 unspecified atom stereocenters. The standard InChI is InChI=1S/C12H23NO/c1-4-7-10(3)12(14)11-8-6-9-13(11)5-2/h10-11H,4-9H2,1-3H3/t10?,11-/m0/s1. The molecule has 1 aliphatic heterocycles. The summed E-state index contributed by atoms with van der Waals surface area (Å²) in [5, 5.41) is 0. The van der Waals surface area contributed by atoms with E-state index in [0.717, 1.165) is 32.4 Å². The summed E-state index contributed by atoms with van der Waals surface area (Å²) in [5.41, 5.74) is 0. The lowest BCUT2D eigenvalue weighted by Gasteiger charge is -2.24. The van der Waals surface area contributed by atoms with Crippen LogP contribution in [0.25, 0.3) is 0 Å². The SMILES string of the molecule is CCCC(C)C(=O)[C@@H]1CCCN1CC. The molecule has 0 spiro atoms. The Morgan fingerprint density at radius 1 is 1.50 bits per heavy atom. The van der Waals surface area contributed by atoms with E-state index >= 15 is 0 Å². The molecular weight excluding hydrogens is 174 g/mol. The van der Waals surface area contributed by atoms with Crippen molar-refractivity contribution in [1.29, 1.82) is 0 Å². The van der Waals surface area contributed by atoms with E-state index in [1.165, 1.54) is 6.42 Å². The van der Waals surface area contributed by atoms with Crippen LogP contribution in [0.1, 0.15) is 46.5 Å². The molecule has 0 aromatic heterocycles. The Morgan fingerprint density at radius 2 is 2.21 bits per heavy atom. The van der Waals surface area contributed by atoms with E-state index in [4.69, 9.17) is 0 Å². The lowest BCUT2D eigenvalue weighted by atomic mass is 9.94. The average Bonchev–Trinajstić information content (AvgIpc) is 2.64. The highest BCUT2D eigenvalue weighted by molar-refractivity contribution is 5.86. The van der Waals surface area contributed by atoms with Crippen molar-refractivity contribution in [3.05, 3.63) is 0 Å². The first kappa shape index (κ1) is 11.7. The number of likely N-dealkylation sites (tertiary alicyclic amines) is 1. The molecule has 1 aliphatic rings. The topological polar surface area (TPSA) is 20.3 Å². The summed E-state index contributed by atoms with van der Waals surface area (Å²) >= 11 is 0. The van der Waals surface area contributed by atoms with Crippen molar-refractivity contribution in [1.82, 2.24) is 4.90 Å². The first-order chi connectivity index (χ1) is 6.70. The highest BCUT2D eigenvalue weighted by atomic mass is 16.1. The molecule has 1 rings (SSSR count). The van der Waals surface area contributed by atoms with Gasteiger partial charge in [-0.25, -0.2) is 0 Å². The molecule has 0 aromatic rings. The fraction of sp³-hybridized carbons (Fsp3) is 0.917. The zero-order chi connectivity index (χ0) is 10.6. The second kappa shape index (κ2) is 5.50. The van der Waals surface area contributed by atoms with Gasteiger partial charge in [0.15, 0.2) is 5.78 Å². The van der Waals surface area contributed by atoms with E-state index in [2.05, 4.69) is 25.7 Å². The van der Waals surface area contributed by atoms with E-state index in [9.17, 15) is 4.79 Å². The van der Waals surface area contributed by atoms with Crippen LogP contribution < -0.4 is 0 Å². The number of likely N-dealkylation sites (N-methyl/N-ethyl adjacent to an activating group) is 1. The average molecular weight is 197 g/mol. The van der Waals surface area contributed by atoms with Crippen LogP contribution in [0.4, 0.5) is 0 Å². The lowest BCUT2D eigenvalue weighted by molar-refractivity contribution is -0.126. The van der Waals surface area contributed by atoms with Crippen molar-refractivity contribution < 1.29 is 4.79 Å². The second-order valence-electron chi connectivity index (χ2n) is 4.38. The summed E-state index contributed by atoms with van der Waals surface area (Å²) in [6.45, 7) is 8.52. The predicted molar refractivity (Wildman–Crippen MR) is 59.3 cm³/mol. The van der Waals surface area contributed by atoms with Crippen molar-refractivity contribution in [3.63, 3.8) is 0 Å². The molecule has 1 fully saturated rings. The first-order valence-corrected chi connectivity index (χ1v) is 5.98. The molecular formula is C12H23NO. The molecule has 14 heavy (non-hydrogen) atoms. The predicted octanol–water partition coefficient (Wildman–Crippen LogP) is 2.48. The van der Waals surface area contributed by atoms with Gasteiger partial charge in [-0.15, -0.1) is 0 Å². The van der Waals surface area contributed by atoms with Crippen LogP contribution in [-0.4, -0.2) is 29.8 Å². The van der Waals surface area contributed by atoms with Gasteiger partial charge in [-0.2, -0.15) is 0 Å². The number of Topliss-reactive ketones (excluding diaryl/α,β-unsaturated/α-hetero) is 1. The van der Waals surface area contributed by atoms with E-state index in [-0.39, 0.29) is 12.0 Å². The van der Waals surface area contributed by atoms with E-state index in [1.54, 1.807) is 0 Å². The highest BCUT2D eigenvalue weighted by Crippen LogP contribution is 2.22. The molecule has 0 radical (unpaired) electrons. The van der Waals surface area contributed by atoms with Crippen LogP contribution in [-0.2, 0) is 4.79 Å². The first-order valence-electron chi connectivity index (χ1n) is 5.98. The maximum Gasteiger partial charge on any atom is 0.152 e. The quantitative estimate of drug-likeness (QED) is 0.675. The normalized spacial score (nSPS) is 25.2. The molecule has 2 heteroatoms. The number of nitrogens with zero attached hydrogens (tertiary/aromatic N) is 1. The Hall–Kier alpha value is -0.370. The summed E-state index contributed by atoms with van der Waals surface area (Å²) < 4.78 is 0. The number of hydrogen-bond acceptors (Lipinski definition) is 2. The molecule has 0 bridgehead atoms. The molecule has 2 atom stereocenters. The minimum Gasteiger partial charge on any atom is -0.298 e. The van der Waals surface area contributed by atoms with Gasteiger partial charge in [-0.1, -0.05) is 27.2 Å². The van der Waals surface area contributed by atoms with Crippen molar-refractivity contribution in [2.45, 2.75) is 52.5 Å². The Balaban J connectivity index is 2.50. The number of carbonyl (C=O) groups excluding carboxylic acids is 1. The monoisotopic (exact) mass is 197 g/mol. The fourth-order valence-electron chi connectivity index (χ4n) is 2.43. The van der Waals surface area contributed by atoms with Crippen LogP contribution >= 0.6 is 0 Å².